The van der Waals surface area contributed by atoms with E-state index in [1.807, 2.05) is 0 Å². The molecule has 0 aliphatic rings. The molecule has 1 rings (SSSR count). The predicted molar refractivity (Wildman–Crippen MR) is 45.1 cm³/mol. The highest BCUT2D eigenvalue weighted by atomic mass is 35.6. The van der Waals surface area contributed by atoms with Crippen molar-refractivity contribution in [2.45, 2.75) is 3.79 Å². The summed E-state index contributed by atoms with van der Waals surface area (Å²) in [6.45, 7) is 0. The minimum Gasteiger partial charge on any atom is -0.225 e. The van der Waals surface area contributed by atoms with Crippen molar-refractivity contribution >= 4 is 46.4 Å². The van der Waals surface area contributed by atoms with Gasteiger partial charge in [-0.3, -0.25) is 0 Å². The maximum atomic E-state index is 12.6. The van der Waals surface area contributed by atoms with Gasteiger partial charge in [0, 0.05) is 0 Å². The highest BCUT2D eigenvalue weighted by Gasteiger charge is 2.27. The third-order valence-electron chi connectivity index (χ3n) is 0.899. The molecule has 0 bridgehead atoms. The first-order valence-corrected chi connectivity index (χ1v) is 4.10. The SMILES string of the molecule is Fc1nc(C(Cl)(Cl)Cl)n[c]c1Cl. The van der Waals surface area contributed by atoms with Crippen molar-refractivity contribution in [2.24, 2.45) is 0 Å². The number of alkyl halides is 3. The topological polar surface area (TPSA) is 25.8 Å². The van der Waals surface area contributed by atoms with Gasteiger partial charge < -0.3 is 0 Å². The van der Waals surface area contributed by atoms with Gasteiger partial charge >= 0.3 is 0 Å². The molecule has 65 valence electrons. The van der Waals surface area contributed by atoms with Gasteiger partial charge in [0.15, 0.2) is 5.82 Å². The molecule has 1 heterocycles. The third kappa shape index (κ3) is 2.33. The van der Waals surface area contributed by atoms with E-state index in [0.29, 0.717) is 0 Å². The molecule has 0 amide bonds. The molecule has 0 saturated carbocycles. The fraction of sp³-hybridized carbons (Fsp3) is 0.200. The Bertz CT molecular complexity index is 298. The van der Waals surface area contributed by atoms with Gasteiger partial charge in [0.05, 0.1) is 0 Å². The Kier molecular flexibility index (Phi) is 2.99. The highest BCUT2D eigenvalue weighted by Crippen LogP contribution is 2.35. The largest absolute Gasteiger partial charge is 0.250 e. The summed E-state index contributed by atoms with van der Waals surface area (Å²) < 4.78 is 10.8. The molecule has 1 aromatic rings. The van der Waals surface area contributed by atoms with Crippen molar-refractivity contribution in [3.05, 3.63) is 23.0 Å². The zero-order valence-electron chi connectivity index (χ0n) is 5.28. The Hall–Kier alpha value is 0.170. The molecule has 0 aliphatic carbocycles. The lowest BCUT2D eigenvalue weighted by molar-refractivity contribution is 0.571. The van der Waals surface area contributed by atoms with Crippen molar-refractivity contribution in [3.63, 3.8) is 0 Å². The second kappa shape index (κ2) is 3.50. The second-order valence-corrected chi connectivity index (χ2v) is 4.42. The van der Waals surface area contributed by atoms with Gasteiger partial charge in [-0.2, -0.15) is 9.37 Å². The molecule has 0 atom stereocenters. The fourth-order valence-corrected chi connectivity index (χ4v) is 0.780. The minimum atomic E-state index is -1.86. The lowest BCUT2D eigenvalue weighted by Crippen LogP contribution is -2.08. The van der Waals surface area contributed by atoms with Crippen LogP contribution in [-0.4, -0.2) is 9.97 Å². The molecule has 1 aromatic heterocycles. The molecule has 0 aliphatic heterocycles. The molecule has 0 N–H and O–H groups in total. The Labute approximate surface area is 87.6 Å². The van der Waals surface area contributed by atoms with Crippen molar-refractivity contribution in [1.29, 1.82) is 0 Å². The van der Waals surface area contributed by atoms with Crippen molar-refractivity contribution in [1.82, 2.24) is 9.97 Å². The summed E-state index contributed by atoms with van der Waals surface area (Å²) >= 11 is 21.3. The fourth-order valence-electron chi connectivity index (χ4n) is 0.442. The van der Waals surface area contributed by atoms with Crippen LogP contribution in [0.25, 0.3) is 0 Å². The molecule has 0 aromatic carbocycles. The first-order chi connectivity index (χ1) is 5.41. The van der Waals surface area contributed by atoms with Gasteiger partial charge in [0.2, 0.25) is 9.74 Å². The van der Waals surface area contributed by atoms with Gasteiger partial charge in [-0.1, -0.05) is 46.4 Å². The van der Waals surface area contributed by atoms with E-state index in [-0.39, 0.29) is 10.8 Å². The van der Waals surface area contributed by atoms with Crippen LogP contribution < -0.4 is 0 Å². The first kappa shape index (κ1) is 10.3. The van der Waals surface area contributed by atoms with E-state index in [4.69, 9.17) is 46.4 Å². The maximum Gasteiger partial charge on any atom is 0.250 e. The van der Waals surface area contributed by atoms with E-state index in [9.17, 15) is 4.39 Å². The van der Waals surface area contributed by atoms with Crippen LogP contribution in [0.15, 0.2) is 0 Å². The van der Waals surface area contributed by atoms with E-state index >= 15 is 0 Å². The first-order valence-electron chi connectivity index (χ1n) is 2.59. The van der Waals surface area contributed by atoms with Gasteiger partial charge in [0.25, 0.3) is 0 Å². The van der Waals surface area contributed by atoms with Gasteiger partial charge in [-0.15, -0.1) is 0 Å². The summed E-state index contributed by atoms with van der Waals surface area (Å²) in [5.41, 5.74) is 0. The Morgan fingerprint density at radius 1 is 1.33 bits per heavy atom. The average molecular weight is 249 g/mol. The van der Waals surface area contributed by atoms with Crippen molar-refractivity contribution < 1.29 is 4.39 Å². The standard InChI is InChI=1S/C5Cl4FN2/c6-2-1-11-4(5(7,8)9)12-3(2)10. The zero-order chi connectivity index (χ0) is 9.35. The molecule has 1 radical (unpaired) electrons. The predicted octanol–water partition coefficient (Wildman–Crippen LogP) is 2.90. The van der Waals surface area contributed by atoms with Crippen LogP contribution in [0.4, 0.5) is 4.39 Å². The second-order valence-electron chi connectivity index (χ2n) is 1.76. The number of hydrogen-bond donors (Lipinski definition) is 0. The normalized spacial score (nSPS) is 11.8. The van der Waals surface area contributed by atoms with Crippen LogP contribution in [0.5, 0.6) is 0 Å². The van der Waals surface area contributed by atoms with Crippen molar-refractivity contribution in [2.75, 3.05) is 0 Å². The van der Waals surface area contributed by atoms with Crippen LogP contribution in [0.3, 0.4) is 0 Å². The van der Waals surface area contributed by atoms with Crippen LogP contribution in [0, 0.1) is 12.1 Å². The summed E-state index contributed by atoms with van der Waals surface area (Å²) in [5, 5.41) is -0.340. The zero-order valence-corrected chi connectivity index (χ0v) is 8.31. The lowest BCUT2D eigenvalue weighted by atomic mass is 10.6. The number of aromatic nitrogens is 2. The smallest absolute Gasteiger partial charge is 0.225 e. The van der Waals surface area contributed by atoms with Crippen LogP contribution in [0.1, 0.15) is 5.82 Å². The minimum absolute atomic E-state index is 0.297. The summed E-state index contributed by atoms with van der Waals surface area (Å²) in [7, 11) is 0. The molecular weight excluding hydrogens is 249 g/mol. The number of nitrogens with zero attached hydrogens (tertiary/aromatic N) is 2. The maximum absolute atomic E-state index is 12.6. The Morgan fingerprint density at radius 2 is 1.92 bits per heavy atom. The Morgan fingerprint density at radius 3 is 2.33 bits per heavy atom. The molecule has 0 unspecified atom stereocenters. The summed E-state index contributed by atoms with van der Waals surface area (Å²) in [6, 6.07) is 0. The van der Waals surface area contributed by atoms with Gasteiger partial charge in [0.1, 0.15) is 11.2 Å². The van der Waals surface area contributed by atoms with Crippen LogP contribution >= 0.6 is 46.4 Å². The Balaban J connectivity index is 3.14. The molecular formula is C5Cl4FN2. The molecule has 0 fully saturated rings. The number of hydrogen-bond acceptors (Lipinski definition) is 2. The average Bonchev–Trinajstić information content (AvgIpc) is 1.92. The molecule has 7 heteroatoms. The van der Waals surface area contributed by atoms with E-state index in [0.717, 1.165) is 0 Å². The third-order valence-corrected chi connectivity index (χ3v) is 1.65. The molecule has 0 saturated heterocycles. The summed E-state index contributed by atoms with van der Waals surface area (Å²) in [5.74, 6) is -1.26. The van der Waals surface area contributed by atoms with E-state index in [1.54, 1.807) is 0 Å². The number of rotatable bonds is 0. The lowest BCUT2D eigenvalue weighted by Gasteiger charge is -2.07. The van der Waals surface area contributed by atoms with E-state index in [1.165, 1.54) is 0 Å². The number of halogens is 5. The quantitative estimate of drug-likeness (QED) is 0.521. The van der Waals surface area contributed by atoms with Crippen LogP contribution in [0.2, 0.25) is 5.02 Å². The summed E-state index contributed by atoms with van der Waals surface area (Å²) in [4.78, 5) is 6.61. The summed E-state index contributed by atoms with van der Waals surface area (Å²) in [6.07, 6.45) is 2.10. The molecule has 0 spiro atoms. The highest BCUT2D eigenvalue weighted by molar-refractivity contribution is 6.66. The van der Waals surface area contributed by atoms with Gasteiger partial charge in [-0.25, -0.2) is 4.98 Å². The van der Waals surface area contributed by atoms with E-state index < -0.39 is 9.74 Å². The van der Waals surface area contributed by atoms with Crippen LogP contribution in [-0.2, 0) is 3.79 Å². The molecule has 12 heavy (non-hydrogen) atoms. The van der Waals surface area contributed by atoms with Gasteiger partial charge in [-0.05, 0) is 0 Å². The molecule has 2 nitrogen and oxygen atoms in total. The monoisotopic (exact) mass is 247 g/mol. The van der Waals surface area contributed by atoms with Crippen molar-refractivity contribution in [3.8, 4) is 0 Å². The van der Waals surface area contributed by atoms with E-state index in [2.05, 4.69) is 16.2 Å².